The zero-order valence-corrected chi connectivity index (χ0v) is 14.3. The Labute approximate surface area is 146 Å². The first-order valence-corrected chi connectivity index (χ1v) is 9.09. The molecule has 0 radical (unpaired) electrons. The molecule has 1 heterocycles. The van der Waals surface area contributed by atoms with E-state index in [9.17, 15) is 18.4 Å². The lowest BCUT2D eigenvalue weighted by Crippen LogP contribution is -2.40. The van der Waals surface area contributed by atoms with Crippen molar-refractivity contribution in [2.24, 2.45) is 5.92 Å². The van der Waals surface area contributed by atoms with Gasteiger partial charge in [0, 0.05) is 37.7 Å². The van der Waals surface area contributed by atoms with Crippen molar-refractivity contribution in [2.45, 2.75) is 38.5 Å². The summed E-state index contributed by atoms with van der Waals surface area (Å²) in [7, 11) is 0. The number of benzene rings is 1. The molecule has 0 bridgehead atoms. The zero-order chi connectivity index (χ0) is 17.8. The van der Waals surface area contributed by atoms with Crippen LogP contribution in [0.4, 0.5) is 8.78 Å². The lowest BCUT2D eigenvalue weighted by molar-refractivity contribution is -0.136. The third-order valence-corrected chi connectivity index (χ3v) is 5.22. The van der Waals surface area contributed by atoms with Gasteiger partial charge in [0.15, 0.2) is 11.6 Å². The maximum atomic E-state index is 13.4. The summed E-state index contributed by atoms with van der Waals surface area (Å²) in [6.07, 6.45) is 6.07. The van der Waals surface area contributed by atoms with Crippen LogP contribution in [0, 0.1) is 17.6 Å². The van der Waals surface area contributed by atoms with Crippen molar-refractivity contribution >= 4 is 11.8 Å². The van der Waals surface area contributed by atoms with Gasteiger partial charge in [0.1, 0.15) is 0 Å². The number of halogens is 2. The number of carbonyl (C=O) groups is 2. The lowest BCUT2D eigenvalue weighted by atomic mass is 9.88. The molecule has 25 heavy (non-hydrogen) atoms. The van der Waals surface area contributed by atoms with Crippen LogP contribution in [0.15, 0.2) is 18.2 Å². The summed E-state index contributed by atoms with van der Waals surface area (Å²) in [5.74, 6) is -1.96. The monoisotopic (exact) mass is 350 g/mol. The van der Waals surface area contributed by atoms with Gasteiger partial charge < -0.3 is 9.80 Å². The van der Waals surface area contributed by atoms with E-state index in [1.807, 2.05) is 4.90 Å². The molecule has 1 aromatic carbocycles. The minimum atomic E-state index is -1.02. The van der Waals surface area contributed by atoms with E-state index >= 15 is 0 Å². The summed E-state index contributed by atoms with van der Waals surface area (Å²) in [5.41, 5.74) is 0.144. The van der Waals surface area contributed by atoms with E-state index in [1.54, 1.807) is 4.90 Å². The second-order valence-corrected chi connectivity index (χ2v) is 6.93. The molecule has 1 saturated carbocycles. The third kappa shape index (κ3) is 4.17. The lowest BCUT2D eigenvalue weighted by Gasteiger charge is -2.28. The molecule has 1 aliphatic heterocycles. The second kappa shape index (κ2) is 7.93. The summed E-state index contributed by atoms with van der Waals surface area (Å²) < 4.78 is 26.4. The minimum absolute atomic E-state index is 0.127. The molecular weight excluding hydrogens is 326 g/mol. The predicted octanol–water partition coefficient (Wildman–Crippen LogP) is 3.22. The molecule has 0 spiro atoms. The molecule has 2 amide bonds. The van der Waals surface area contributed by atoms with Crippen LogP contribution >= 0.6 is 0 Å². The smallest absolute Gasteiger partial charge is 0.254 e. The Morgan fingerprint density at radius 3 is 2.24 bits per heavy atom. The predicted molar refractivity (Wildman–Crippen MR) is 90.0 cm³/mol. The molecular formula is C19H24F2N2O2. The van der Waals surface area contributed by atoms with Crippen LogP contribution in [-0.2, 0) is 4.79 Å². The van der Waals surface area contributed by atoms with Crippen molar-refractivity contribution in [3.05, 3.63) is 35.4 Å². The Morgan fingerprint density at radius 1 is 0.840 bits per heavy atom. The van der Waals surface area contributed by atoms with Gasteiger partial charge in [0.25, 0.3) is 5.91 Å². The highest BCUT2D eigenvalue weighted by Gasteiger charge is 2.28. The van der Waals surface area contributed by atoms with Crippen molar-refractivity contribution in [2.75, 3.05) is 26.2 Å². The number of carbonyl (C=O) groups excluding carboxylic acids is 2. The molecule has 1 aliphatic carbocycles. The van der Waals surface area contributed by atoms with Gasteiger partial charge >= 0.3 is 0 Å². The van der Waals surface area contributed by atoms with E-state index in [0.29, 0.717) is 32.6 Å². The maximum absolute atomic E-state index is 13.4. The van der Waals surface area contributed by atoms with E-state index in [1.165, 1.54) is 12.5 Å². The second-order valence-electron chi connectivity index (χ2n) is 6.93. The van der Waals surface area contributed by atoms with Crippen molar-refractivity contribution < 1.29 is 18.4 Å². The first kappa shape index (κ1) is 17.8. The van der Waals surface area contributed by atoms with Crippen LogP contribution in [0.1, 0.15) is 48.9 Å². The first-order chi connectivity index (χ1) is 12.1. The van der Waals surface area contributed by atoms with Crippen LogP contribution < -0.4 is 0 Å². The standard InChI is InChI=1S/C19H24F2N2O2/c20-16-8-7-15(13-17(16)21)19(25)23-10-4-9-22(11-12-23)18(24)14-5-2-1-3-6-14/h7-8,13-14H,1-6,9-12H2. The Hall–Kier alpha value is -1.98. The van der Waals surface area contributed by atoms with Crippen LogP contribution in [0.2, 0.25) is 0 Å². The van der Waals surface area contributed by atoms with Gasteiger partial charge in [-0.2, -0.15) is 0 Å². The first-order valence-electron chi connectivity index (χ1n) is 9.09. The Bertz CT molecular complexity index is 644. The molecule has 1 aromatic rings. The summed E-state index contributed by atoms with van der Waals surface area (Å²) in [6, 6.07) is 3.21. The van der Waals surface area contributed by atoms with E-state index in [-0.39, 0.29) is 23.3 Å². The average Bonchev–Trinajstić information content (AvgIpc) is 2.89. The molecule has 3 rings (SSSR count). The van der Waals surface area contributed by atoms with Gasteiger partial charge in [0.2, 0.25) is 5.91 Å². The molecule has 0 aromatic heterocycles. The molecule has 0 unspecified atom stereocenters. The number of amides is 2. The van der Waals surface area contributed by atoms with E-state index < -0.39 is 11.6 Å². The van der Waals surface area contributed by atoms with Crippen molar-refractivity contribution in [1.82, 2.24) is 9.80 Å². The van der Waals surface area contributed by atoms with Crippen LogP contribution in [0.25, 0.3) is 0 Å². The quantitative estimate of drug-likeness (QED) is 0.822. The molecule has 2 fully saturated rings. The van der Waals surface area contributed by atoms with E-state index in [0.717, 1.165) is 37.8 Å². The Balaban J connectivity index is 1.61. The molecule has 136 valence electrons. The fourth-order valence-corrected chi connectivity index (χ4v) is 3.76. The Morgan fingerprint density at radius 2 is 1.52 bits per heavy atom. The van der Waals surface area contributed by atoms with E-state index in [4.69, 9.17) is 0 Å². The van der Waals surface area contributed by atoms with Crippen molar-refractivity contribution in [3.63, 3.8) is 0 Å². The van der Waals surface area contributed by atoms with Crippen molar-refractivity contribution in [1.29, 1.82) is 0 Å². The summed E-state index contributed by atoms with van der Waals surface area (Å²) in [6.45, 7) is 2.10. The minimum Gasteiger partial charge on any atom is -0.341 e. The molecule has 6 heteroatoms. The largest absolute Gasteiger partial charge is 0.341 e. The average molecular weight is 350 g/mol. The van der Waals surface area contributed by atoms with Crippen molar-refractivity contribution in [3.8, 4) is 0 Å². The highest BCUT2D eigenvalue weighted by molar-refractivity contribution is 5.94. The summed E-state index contributed by atoms with van der Waals surface area (Å²) in [5, 5.41) is 0. The molecule has 1 saturated heterocycles. The molecule has 4 nitrogen and oxygen atoms in total. The summed E-state index contributed by atoms with van der Waals surface area (Å²) >= 11 is 0. The van der Waals surface area contributed by atoms with Gasteiger partial charge in [-0.25, -0.2) is 8.78 Å². The van der Waals surface area contributed by atoms with Gasteiger partial charge in [-0.1, -0.05) is 19.3 Å². The van der Waals surface area contributed by atoms with Gasteiger partial charge in [-0.05, 0) is 37.5 Å². The fourth-order valence-electron chi connectivity index (χ4n) is 3.76. The van der Waals surface area contributed by atoms with Crippen LogP contribution in [0.3, 0.4) is 0 Å². The topological polar surface area (TPSA) is 40.6 Å². The SMILES string of the molecule is O=C(c1ccc(F)c(F)c1)N1CCCN(C(=O)C2CCCCC2)CC1. The van der Waals surface area contributed by atoms with Crippen LogP contribution in [-0.4, -0.2) is 47.8 Å². The number of rotatable bonds is 2. The molecule has 0 atom stereocenters. The third-order valence-electron chi connectivity index (χ3n) is 5.22. The zero-order valence-electron chi connectivity index (χ0n) is 14.3. The normalized spacial score (nSPS) is 19.6. The number of hydrogen-bond acceptors (Lipinski definition) is 2. The van der Waals surface area contributed by atoms with Gasteiger partial charge in [-0.3, -0.25) is 9.59 Å². The number of hydrogen-bond donors (Lipinski definition) is 0. The van der Waals surface area contributed by atoms with Gasteiger partial charge in [-0.15, -0.1) is 0 Å². The number of nitrogens with zero attached hydrogens (tertiary/aromatic N) is 2. The summed E-state index contributed by atoms with van der Waals surface area (Å²) in [4.78, 5) is 28.7. The highest BCUT2D eigenvalue weighted by Crippen LogP contribution is 2.26. The Kier molecular flexibility index (Phi) is 5.66. The van der Waals surface area contributed by atoms with Gasteiger partial charge in [0.05, 0.1) is 0 Å². The molecule has 2 aliphatic rings. The fraction of sp³-hybridized carbons (Fsp3) is 0.579. The maximum Gasteiger partial charge on any atom is 0.254 e. The van der Waals surface area contributed by atoms with Crippen LogP contribution in [0.5, 0.6) is 0 Å². The highest BCUT2D eigenvalue weighted by atomic mass is 19.2. The molecule has 0 N–H and O–H groups in total. The van der Waals surface area contributed by atoms with E-state index in [2.05, 4.69) is 0 Å².